The molecule has 2 aliphatic heterocycles. The molecule has 1 N–H and O–H groups in total. The standard InChI is InChI=1S/C26H33N5O2.HI/c1-27-26(29-16-20-10-12-28-24(15-20)33-18-19-8-9-19)31-17-21(22-5-2-3-6-23(22)31)11-14-30-13-4-7-25(30)32;/h2-3,5-6,10,12,15,19,21H,4,7-9,11,13-14,16-18H2,1H3,(H,27,29);1H. The van der Waals surface area contributed by atoms with Crippen molar-refractivity contribution >= 4 is 41.5 Å². The highest BCUT2D eigenvalue weighted by Crippen LogP contribution is 2.38. The smallest absolute Gasteiger partial charge is 0.222 e. The number of likely N-dealkylation sites (tertiary alicyclic amines) is 1. The maximum absolute atomic E-state index is 12.0. The van der Waals surface area contributed by atoms with E-state index in [4.69, 9.17) is 4.74 Å². The van der Waals surface area contributed by atoms with E-state index in [2.05, 4.69) is 44.5 Å². The van der Waals surface area contributed by atoms with Crippen LogP contribution in [0.4, 0.5) is 5.69 Å². The van der Waals surface area contributed by atoms with E-state index in [1.165, 1.54) is 24.1 Å². The molecule has 1 unspecified atom stereocenters. The Morgan fingerprint density at radius 3 is 2.88 bits per heavy atom. The van der Waals surface area contributed by atoms with E-state index in [9.17, 15) is 4.79 Å². The monoisotopic (exact) mass is 575 g/mol. The fourth-order valence-electron chi connectivity index (χ4n) is 4.80. The molecule has 0 radical (unpaired) electrons. The Hall–Kier alpha value is -2.36. The number of amides is 1. The van der Waals surface area contributed by atoms with Gasteiger partial charge in [-0.3, -0.25) is 9.79 Å². The number of carbonyl (C=O) groups excluding carboxylic acids is 1. The van der Waals surface area contributed by atoms with Gasteiger partial charge in [0.1, 0.15) is 0 Å². The van der Waals surface area contributed by atoms with E-state index >= 15 is 0 Å². The van der Waals surface area contributed by atoms with Gasteiger partial charge in [0.25, 0.3) is 0 Å². The van der Waals surface area contributed by atoms with Gasteiger partial charge in [0, 0.05) is 63.5 Å². The molecule has 2 aromatic rings. The number of carbonyl (C=O) groups is 1. The summed E-state index contributed by atoms with van der Waals surface area (Å²) in [4.78, 5) is 25.3. The molecule has 34 heavy (non-hydrogen) atoms. The third-order valence-corrected chi connectivity index (χ3v) is 6.87. The number of guanidine groups is 1. The molecule has 1 amide bonds. The molecule has 0 spiro atoms. The second kappa shape index (κ2) is 11.4. The van der Waals surface area contributed by atoms with E-state index in [1.54, 1.807) is 0 Å². The molecule has 3 aliphatic rings. The van der Waals surface area contributed by atoms with Crippen LogP contribution in [-0.2, 0) is 11.3 Å². The summed E-state index contributed by atoms with van der Waals surface area (Å²) < 4.78 is 5.83. The van der Waals surface area contributed by atoms with Gasteiger partial charge in [-0.05, 0) is 54.9 Å². The normalized spacial score (nSPS) is 19.7. The number of aromatic nitrogens is 1. The molecule has 1 atom stereocenters. The first-order valence-electron chi connectivity index (χ1n) is 12.1. The lowest BCUT2D eigenvalue weighted by atomic mass is 9.98. The van der Waals surface area contributed by atoms with Gasteiger partial charge in [-0.25, -0.2) is 4.98 Å². The van der Waals surface area contributed by atoms with Gasteiger partial charge in [-0.1, -0.05) is 18.2 Å². The van der Waals surface area contributed by atoms with E-state index < -0.39 is 0 Å². The topological polar surface area (TPSA) is 70.1 Å². The van der Waals surface area contributed by atoms with Crippen molar-refractivity contribution in [3.8, 4) is 5.88 Å². The third kappa shape index (κ3) is 5.82. The summed E-state index contributed by atoms with van der Waals surface area (Å²) in [5.41, 5.74) is 3.66. The Labute approximate surface area is 219 Å². The first-order valence-corrected chi connectivity index (χ1v) is 12.1. The predicted octanol–water partition coefficient (Wildman–Crippen LogP) is 4.18. The van der Waals surface area contributed by atoms with Gasteiger partial charge in [-0.15, -0.1) is 24.0 Å². The second-order valence-electron chi connectivity index (χ2n) is 9.30. The maximum Gasteiger partial charge on any atom is 0.222 e. The van der Waals surface area contributed by atoms with Crippen LogP contribution < -0.4 is 15.0 Å². The number of nitrogens with one attached hydrogen (secondary N) is 1. The molecule has 1 saturated carbocycles. The molecule has 7 nitrogen and oxygen atoms in total. The minimum atomic E-state index is 0. The van der Waals surface area contributed by atoms with Crippen molar-refractivity contribution in [2.75, 3.05) is 38.2 Å². The number of aliphatic imine (C=N–C) groups is 1. The number of anilines is 1. The zero-order valence-electron chi connectivity index (χ0n) is 19.8. The van der Waals surface area contributed by atoms with Crippen LogP contribution in [0, 0.1) is 5.92 Å². The quantitative estimate of drug-likeness (QED) is 0.291. The zero-order valence-corrected chi connectivity index (χ0v) is 22.1. The molecule has 0 bridgehead atoms. The number of para-hydroxylation sites is 1. The SMILES string of the molecule is CN=C(NCc1ccnc(OCC2CC2)c1)N1CC(CCN2CCCC2=O)c2ccccc21.I. The predicted molar refractivity (Wildman–Crippen MR) is 145 cm³/mol. The lowest BCUT2D eigenvalue weighted by Crippen LogP contribution is -2.40. The largest absolute Gasteiger partial charge is 0.477 e. The minimum absolute atomic E-state index is 0. The summed E-state index contributed by atoms with van der Waals surface area (Å²) in [6, 6.07) is 12.6. The fourth-order valence-corrected chi connectivity index (χ4v) is 4.80. The number of hydrogen-bond acceptors (Lipinski definition) is 4. The van der Waals surface area contributed by atoms with E-state index in [1.807, 2.05) is 30.3 Å². The summed E-state index contributed by atoms with van der Waals surface area (Å²) in [7, 11) is 1.83. The first-order chi connectivity index (χ1) is 16.2. The maximum atomic E-state index is 12.0. The number of ether oxygens (including phenoxy) is 1. The van der Waals surface area contributed by atoms with Gasteiger partial charge >= 0.3 is 0 Å². The van der Waals surface area contributed by atoms with E-state index in [-0.39, 0.29) is 24.0 Å². The van der Waals surface area contributed by atoms with Crippen molar-refractivity contribution in [3.63, 3.8) is 0 Å². The van der Waals surface area contributed by atoms with E-state index in [0.717, 1.165) is 50.6 Å². The third-order valence-electron chi connectivity index (χ3n) is 6.87. The van der Waals surface area contributed by atoms with Crippen LogP contribution in [0.15, 0.2) is 47.6 Å². The lowest BCUT2D eigenvalue weighted by molar-refractivity contribution is -0.127. The van der Waals surface area contributed by atoms with Crippen molar-refractivity contribution < 1.29 is 9.53 Å². The highest BCUT2D eigenvalue weighted by molar-refractivity contribution is 14.0. The van der Waals surface area contributed by atoms with Crippen molar-refractivity contribution in [1.82, 2.24) is 15.2 Å². The summed E-state index contributed by atoms with van der Waals surface area (Å²) in [5, 5.41) is 3.53. The highest BCUT2D eigenvalue weighted by atomic mass is 127. The minimum Gasteiger partial charge on any atom is -0.477 e. The average molecular weight is 575 g/mol. The van der Waals surface area contributed by atoms with Crippen LogP contribution in [-0.4, -0.2) is 55.0 Å². The van der Waals surface area contributed by atoms with Crippen molar-refractivity contribution in [1.29, 1.82) is 0 Å². The molecule has 182 valence electrons. The molecule has 1 aliphatic carbocycles. The molecule has 3 heterocycles. The molecule has 2 fully saturated rings. The van der Waals surface area contributed by atoms with Gasteiger partial charge < -0.3 is 19.9 Å². The van der Waals surface area contributed by atoms with Crippen molar-refractivity contribution in [2.45, 2.75) is 44.6 Å². The molecular formula is C26H34IN5O2. The van der Waals surface area contributed by atoms with Gasteiger partial charge in [0.15, 0.2) is 5.96 Å². The Bertz CT molecular complexity index is 1030. The van der Waals surface area contributed by atoms with Crippen LogP contribution in [0.2, 0.25) is 0 Å². The van der Waals surface area contributed by atoms with Crippen LogP contribution >= 0.6 is 24.0 Å². The number of pyridine rings is 1. The van der Waals surface area contributed by atoms with Crippen molar-refractivity contribution in [2.24, 2.45) is 10.9 Å². The summed E-state index contributed by atoms with van der Waals surface area (Å²) >= 11 is 0. The number of nitrogens with zero attached hydrogens (tertiary/aromatic N) is 4. The van der Waals surface area contributed by atoms with Gasteiger partial charge in [0.05, 0.1) is 6.61 Å². The zero-order chi connectivity index (χ0) is 22.6. The second-order valence-corrected chi connectivity index (χ2v) is 9.30. The van der Waals surface area contributed by atoms with Crippen molar-refractivity contribution in [3.05, 3.63) is 53.7 Å². The van der Waals surface area contributed by atoms with E-state index in [0.29, 0.717) is 36.6 Å². The number of benzene rings is 1. The molecular weight excluding hydrogens is 541 g/mol. The summed E-state index contributed by atoms with van der Waals surface area (Å²) in [5.74, 6) is 2.95. The number of fused-ring (bicyclic) bond motifs is 1. The summed E-state index contributed by atoms with van der Waals surface area (Å²) in [6.07, 6.45) is 7.01. The number of rotatable bonds is 8. The van der Waals surface area contributed by atoms with Crippen LogP contribution in [0.1, 0.15) is 49.1 Å². The molecule has 1 aromatic carbocycles. The first kappa shape index (κ1) is 24.8. The van der Waals surface area contributed by atoms with Crippen LogP contribution in [0.25, 0.3) is 0 Å². The molecule has 5 rings (SSSR count). The summed E-state index contributed by atoms with van der Waals surface area (Å²) in [6.45, 7) is 4.02. The fraction of sp³-hybridized carbons (Fsp3) is 0.500. The highest BCUT2D eigenvalue weighted by Gasteiger charge is 2.32. The Balaban J connectivity index is 0.00000274. The molecule has 1 aromatic heterocycles. The van der Waals surface area contributed by atoms with Crippen LogP contribution in [0.3, 0.4) is 0 Å². The molecule has 8 heteroatoms. The Morgan fingerprint density at radius 1 is 1.26 bits per heavy atom. The van der Waals surface area contributed by atoms with Gasteiger partial charge in [-0.2, -0.15) is 0 Å². The average Bonchev–Trinajstić information content (AvgIpc) is 3.48. The van der Waals surface area contributed by atoms with Crippen LogP contribution in [0.5, 0.6) is 5.88 Å². The number of halogens is 1. The van der Waals surface area contributed by atoms with Gasteiger partial charge in [0.2, 0.25) is 11.8 Å². The molecule has 1 saturated heterocycles. The Morgan fingerprint density at radius 2 is 2.12 bits per heavy atom. The Kier molecular flexibility index (Phi) is 8.28. The lowest BCUT2D eigenvalue weighted by Gasteiger charge is -2.23. The number of hydrogen-bond donors (Lipinski definition) is 1.